The van der Waals surface area contributed by atoms with Crippen LogP contribution < -0.4 is 15.0 Å². The molecule has 1 saturated heterocycles. The molecule has 2 aromatic rings. The summed E-state index contributed by atoms with van der Waals surface area (Å²) in [6.45, 7) is 3.80. The molecule has 0 aromatic heterocycles. The van der Waals surface area contributed by atoms with Crippen molar-refractivity contribution in [3.63, 3.8) is 0 Å². The van der Waals surface area contributed by atoms with Crippen LogP contribution in [0.15, 0.2) is 60.2 Å². The number of carbonyl (C=O) groups is 4. The van der Waals surface area contributed by atoms with Gasteiger partial charge in [-0.15, -0.1) is 0 Å². The maximum Gasteiger partial charge on any atom is 0.338 e. The Balaban J connectivity index is 1.24. The van der Waals surface area contributed by atoms with Crippen LogP contribution in [0.4, 0.5) is 11.4 Å². The molecule has 8 heteroatoms. The zero-order valence-electron chi connectivity index (χ0n) is 19.5. The van der Waals surface area contributed by atoms with E-state index in [1.54, 1.807) is 36.4 Å². The van der Waals surface area contributed by atoms with Crippen LogP contribution in [-0.4, -0.2) is 36.9 Å². The zero-order chi connectivity index (χ0) is 24.7. The van der Waals surface area contributed by atoms with Gasteiger partial charge in [0.2, 0.25) is 11.8 Å². The van der Waals surface area contributed by atoms with E-state index in [9.17, 15) is 19.2 Å². The molecule has 1 heterocycles. The second kappa shape index (κ2) is 9.02. The summed E-state index contributed by atoms with van der Waals surface area (Å²) >= 11 is 0. The number of hydrogen-bond acceptors (Lipinski definition) is 6. The average molecular weight is 475 g/mol. The number of nitrogens with one attached hydrogen (secondary N) is 1. The lowest BCUT2D eigenvalue weighted by Crippen LogP contribution is -2.33. The zero-order valence-corrected chi connectivity index (χ0v) is 19.5. The molecule has 0 spiro atoms. The van der Waals surface area contributed by atoms with Crippen molar-refractivity contribution in [3.8, 4) is 5.75 Å². The maximum atomic E-state index is 13.2. The van der Waals surface area contributed by atoms with E-state index in [0.29, 0.717) is 23.7 Å². The molecular weight excluding hydrogens is 448 g/mol. The van der Waals surface area contributed by atoms with E-state index in [2.05, 4.69) is 11.4 Å². The first-order valence-electron chi connectivity index (χ1n) is 11.7. The van der Waals surface area contributed by atoms with Crippen LogP contribution in [-0.2, 0) is 19.1 Å². The van der Waals surface area contributed by atoms with Gasteiger partial charge in [0, 0.05) is 0 Å². The number of rotatable bonds is 7. The molecular formula is C27H26N2O6. The number of amides is 3. The molecule has 4 atom stereocenters. The highest BCUT2D eigenvalue weighted by atomic mass is 16.5. The van der Waals surface area contributed by atoms with Crippen molar-refractivity contribution < 1.29 is 28.7 Å². The Labute approximate surface area is 202 Å². The highest BCUT2D eigenvalue weighted by Crippen LogP contribution is 2.55. The normalized spacial score (nSPS) is 24.3. The van der Waals surface area contributed by atoms with Crippen molar-refractivity contribution in [2.75, 3.05) is 23.4 Å². The molecule has 5 rings (SSSR count). The lowest BCUT2D eigenvalue weighted by molar-refractivity contribution is -0.123. The van der Waals surface area contributed by atoms with Gasteiger partial charge in [-0.2, -0.15) is 0 Å². The summed E-state index contributed by atoms with van der Waals surface area (Å²) in [4.78, 5) is 52.5. The number of hydrogen-bond donors (Lipinski definition) is 1. The van der Waals surface area contributed by atoms with Gasteiger partial charge in [0.05, 0.1) is 35.4 Å². The minimum Gasteiger partial charge on any atom is -0.492 e. The second-order valence-corrected chi connectivity index (χ2v) is 9.08. The summed E-state index contributed by atoms with van der Waals surface area (Å²) in [5.74, 6) is -1.57. The Morgan fingerprint density at radius 2 is 1.83 bits per heavy atom. The molecule has 3 amide bonds. The Kier molecular flexibility index (Phi) is 5.88. The highest BCUT2D eigenvalue weighted by Gasteiger charge is 2.60. The number of ether oxygens (including phenoxy) is 2. The fourth-order valence-electron chi connectivity index (χ4n) is 5.55. The number of allylic oxidation sites excluding steroid dienone is 2. The van der Waals surface area contributed by atoms with Gasteiger partial charge >= 0.3 is 5.97 Å². The van der Waals surface area contributed by atoms with Gasteiger partial charge < -0.3 is 14.8 Å². The number of imide groups is 1. The van der Waals surface area contributed by atoms with E-state index < -0.39 is 18.5 Å². The first-order chi connectivity index (χ1) is 16.9. The van der Waals surface area contributed by atoms with Gasteiger partial charge in [-0.05, 0) is 62.4 Å². The quantitative estimate of drug-likeness (QED) is 0.374. The molecule has 2 aromatic carbocycles. The fraction of sp³-hybridized carbons (Fsp3) is 0.333. The van der Waals surface area contributed by atoms with Gasteiger partial charge in [-0.1, -0.05) is 29.8 Å². The maximum absolute atomic E-state index is 13.2. The van der Waals surface area contributed by atoms with Crippen molar-refractivity contribution in [1.82, 2.24) is 0 Å². The molecule has 1 saturated carbocycles. The molecule has 0 unspecified atom stereocenters. The average Bonchev–Trinajstić information content (AvgIpc) is 3.49. The number of nitrogens with zero attached hydrogens (tertiary/aromatic N) is 1. The first kappa shape index (κ1) is 22.8. The van der Waals surface area contributed by atoms with Crippen molar-refractivity contribution in [2.45, 2.75) is 20.3 Å². The van der Waals surface area contributed by atoms with Crippen LogP contribution in [0.5, 0.6) is 5.75 Å². The van der Waals surface area contributed by atoms with Crippen LogP contribution in [0.1, 0.15) is 30.6 Å². The summed E-state index contributed by atoms with van der Waals surface area (Å²) < 4.78 is 10.7. The molecule has 2 bridgehead atoms. The van der Waals surface area contributed by atoms with Crippen LogP contribution >= 0.6 is 0 Å². The number of fused-ring (bicyclic) bond motifs is 5. The summed E-state index contributed by atoms with van der Waals surface area (Å²) in [6.07, 6.45) is 2.97. The molecule has 35 heavy (non-hydrogen) atoms. The number of carbonyl (C=O) groups excluding carboxylic acids is 4. The van der Waals surface area contributed by atoms with Gasteiger partial charge in [-0.3, -0.25) is 14.4 Å². The van der Waals surface area contributed by atoms with Gasteiger partial charge in [0.15, 0.2) is 6.61 Å². The third-order valence-corrected chi connectivity index (χ3v) is 7.02. The third kappa shape index (κ3) is 3.99. The first-order valence-corrected chi connectivity index (χ1v) is 11.7. The number of benzene rings is 2. The Bertz CT molecular complexity index is 1250. The van der Waals surface area contributed by atoms with E-state index in [1.807, 2.05) is 13.8 Å². The molecule has 1 N–H and O–H groups in total. The third-order valence-electron chi connectivity index (χ3n) is 7.02. The summed E-state index contributed by atoms with van der Waals surface area (Å²) in [5.41, 5.74) is 2.15. The van der Waals surface area contributed by atoms with E-state index in [1.165, 1.54) is 22.6 Å². The fourth-order valence-corrected chi connectivity index (χ4v) is 5.55. The van der Waals surface area contributed by atoms with Crippen molar-refractivity contribution in [2.24, 2.45) is 23.7 Å². The Morgan fingerprint density at radius 3 is 2.63 bits per heavy atom. The monoisotopic (exact) mass is 474 g/mol. The molecule has 2 aliphatic carbocycles. The summed E-state index contributed by atoms with van der Waals surface area (Å²) in [6, 6.07) is 13.2. The van der Waals surface area contributed by atoms with Gasteiger partial charge in [0.25, 0.3) is 5.91 Å². The van der Waals surface area contributed by atoms with Crippen molar-refractivity contribution >= 4 is 35.1 Å². The summed E-state index contributed by atoms with van der Waals surface area (Å²) in [5, 5.41) is 2.67. The lowest BCUT2D eigenvalue weighted by Gasteiger charge is -2.19. The second-order valence-electron chi connectivity index (χ2n) is 9.08. The predicted molar refractivity (Wildman–Crippen MR) is 128 cm³/mol. The molecule has 1 aliphatic heterocycles. The number of para-hydroxylation sites is 2. The Morgan fingerprint density at radius 1 is 1.06 bits per heavy atom. The van der Waals surface area contributed by atoms with Crippen LogP contribution in [0.3, 0.4) is 0 Å². The number of esters is 1. The van der Waals surface area contributed by atoms with Crippen molar-refractivity contribution in [1.29, 1.82) is 0 Å². The molecule has 0 radical (unpaired) electrons. The molecule has 2 fully saturated rings. The minimum absolute atomic E-state index is 0.103. The molecule has 180 valence electrons. The van der Waals surface area contributed by atoms with E-state index >= 15 is 0 Å². The largest absolute Gasteiger partial charge is 0.492 e. The van der Waals surface area contributed by atoms with Crippen LogP contribution in [0, 0.1) is 23.7 Å². The SMILES string of the molecule is CCOc1ccccc1NC(=O)COC(=O)c1cccc(N2C(=O)[C@H]3[C@H](C2=O)[C@H]2C=C(C)[C@H]3C2)c1. The predicted octanol–water partition coefficient (Wildman–Crippen LogP) is 3.58. The topological polar surface area (TPSA) is 102 Å². The van der Waals surface area contributed by atoms with Crippen LogP contribution in [0.25, 0.3) is 0 Å². The number of anilines is 2. The highest BCUT2D eigenvalue weighted by molar-refractivity contribution is 6.23. The van der Waals surface area contributed by atoms with Crippen LogP contribution in [0.2, 0.25) is 0 Å². The van der Waals surface area contributed by atoms with Gasteiger partial charge in [-0.25, -0.2) is 9.69 Å². The van der Waals surface area contributed by atoms with E-state index in [-0.39, 0.29) is 41.0 Å². The minimum atomic E-state index is -0.725. The smallest absolute Gasteiger partial charge is 0.338 e. The standard InChI is InChI=1S/C27H26N2O6/c1-3-34-21-10-5-4-9-20(21)28-22(30)14-35-27(33)16-7-6-8-18(12-16)29-25(31)23-17-11-15(2)19(13-17)24(23)26(29)32/h4-12,17,19,23-24H,3,13-14H2,1-2H3,(H,28,30)/t17-,19+,23+,24+/m0/s1. The summed E-state index contributed by atoms with van der Waals surface area (Å²) in [7, 11) is 0. The van der Waals surface area contributed by atoms with E-state index in [0.717, 1.165) is 6.42 Å². The van der Waals surface area contributed by atoms with E-state index in [4.69, 9.17) is 9.47 Å². The Hall–Kier alpha value is -3.94. The van der Waals surface area contributed by atoms with Gasteiger partial charge in [0.1, 0.15) is 5.75 Å². The molecule has 3 aliphatic rings. The van der Waals surface area contributed by atoms with Crippen molar-refractivity contribution in [3.05, 3.63) is 65.7 Å². The lowest BCUT2D eigenvalue weighted by atomic mass is 9.82. The molecule has 8 nitrogen and oxygen atoms in total.